The zero-order valence-electron chi connectivity index (χ0n) is 17.8. The molecular weight excluding hydrogens is 410 g/mol. The summed E-state index contributed by atoms with van der Waals surface area (Å²) in [7, 11) is 0. The van der Waals surface area contributed by atoms with E-state index in [1.807, 2.05) is 25.1 Å². The maximum atomic E-state index is 13.3. The summed E-state index contributed by atoms with van der Waals surface area (Å²) in [5, 5.41) is 21.8. The van der Waals surface area contributed by atoms with Crippen molar-refractivity contribution in [2.24, 2.45) is 0 Å². The number of nitro groups is 1. The largest absolute Gasteiger partial charge is 0.492 e. The lowest BCUT2D eigenvalue weighted by Gasteiger charge is -2.24. The first-order valence-electron chi connectivity index (χ1n) is 10.6. The predicted octanol–water partition coefficient (Wildman–Crippen LogP) is 3.90. The average Bonchev–Trinajstić information content (AvgIpc) is 3.26. The molecule has 1 aliphatic heterocycles. The van der Waals surface area contributed by atoms with E-state index in [0.29, 0.717) is 29.3 Å². The molecule has 9 heteroatoms. The summed E-state index contributed by atoms with van der Waals surface area (Å²) in [6.07, 6.45) is 3.31. The average molecular weight is 435 g/mol. The second-order valence-electron chi connectivity index (χ2n) is 7.54. The molecule has 2 heterocycles. The predicted molar refractivity (Wildman–Crippen MR) is 121 cm³/mol. The number of nitrogens with zero attached hydrogens (tertiary/aromatic N) is 3. The number of nitrogens with one attached hydrogen (secondary N) is 2. The number of rotatable bonds is 7. The van der Waals surface area contributed by atoms with E-state index in [9.17, 15) is 14.9 Å². The number of nitro benzene ring substituents is 1. The Bertz CT molecular complexity index is 1100. The number of para-hydroxylation sites is 2. The van der Waals surface area contributed by atoms with Crippen molar-refractivity contribution < 1.29 is 14.5 Å². The number of hydrogen-bond acceptors (Lipinski definition) is 6. The van der Waals surface area contributed by atoms with Gasteiger partial charge in [-0.1, -0.05) is 12.1 Å². The van der Waals surface area contributed by atoms with Crippen LogP contribution in [0.2, 0.25) is 0 Å². The van der Waals surface area contributed by atoms with E-state index in [2.05, 4.69) is 15.7 Å². The molecule has 166 valence electrons. The van der Waals surface area contributed by atoms with Crippen molar-refractivity contribution in [3.63, 3.8) is 0 Å². The molecule has 0 atom stereocenters. The van der Waals surface area contributed by atoms with Crippen LogP contribution in [0.25, 0.3) is 5.69 Å². The van der Waals surface area contributed by atoms with Gasteiger partial charge in [-0.05, 0) is 57.1 Å². The van der Waals surface area contributed by atoms with Gasteiger partial charge in [0, 0.05) is 18.1 Å². The summed E-state index contributed by atoms with van der Waals surface area (Å²) in [5.41, 5.74) is 2.58. The Kier molecular flexibility index (Phi) is 6.46. The molecule has 2 aromatic carbocycles. The fraction of sp³-hybridized carbons (Fsp3) is 0.304. The molecule has 3 aromatic rings. The van der Waals surface area contributed by atoms with Crippen LogP contribution >= 0.6 is 0 Å². The van der Waals surface area contributed by atoms with Crippen LogP contribution in [-0.2, 0) is 0 Å². The number of anilines is 1. The first-order valence-corrected chi connectivity index (χ1v) is 10.6. The number of carbonyl (C=O) groups is 1. The smallest absolute Gasteiger partial charge is 0.269 e. The van der Waals surface area contributed by atoms with Crippen molar-refractivity contribution in [2.75, 3.05) is 25.0 Å². The van der Waals surface area contributed by atoms with Crippen LogP contribution in [0.5, 0.6) is 5.75 Å². The zero-order chi connectivity index (χ0) is 22.5. The molecule has 1 aliphatic rings. The Hall–Kier alpha value is -3.72. The summed E-state index contributed by atoms with van der Waals surface area (Å²) < 4.78 is 7.35. The molecule has 32 heavy (non-hydrogen) atoms. The van der Waals surface area contributed by atoms with Crippen molar-refractivity contribution in [1.82, 2.24) is 15.1 Å². The maximum absolute atomic E-state index is 13.3. The number of piperidine rings is 1. The van der Waals surface area contributed by atoms with Crippen molar-refractivity contribution in [1.29, 1.82) is 0 Å². The van der Waals surface area contributed by atoms with Gasteiger partial charge in [0.15, 0.2) is 0 Å². The third-order valence-corrected chi connectivity index (χ3v) is 5.52. The lowest BCUT2D eigenvalue weighted by Crippen LogP contribution is -2.29. The highest BCUT2D eigenvalue weighted by Gasteiger charge is 2.27. The summed E-state index contributed by atoms with van der Waals surface area (Å²) in [6, 6.07) is 13.5. The van der Waals surface area contributed by atoms with Gasteiger partial charge in [0.2, 0.25) is 0 Å². The van der Waals surface area contributed by atoms with E-state index < -0.39 is 4.92 Å². The number of amides is 1. The molecule has 4 rings (SSSR count). The minimum atomic E-state index is -0.435. The topological polar surface area (TPSA) is 111 Å². The van der Waals surface area contributed by atoms with Crippen LogP contribution in [-0.4, -0.2) is 40.3 Å². The van der Waals surface area contributed by atoms with E-state index in [0.717, 1.165) is 31.6 Å². The molecule has 0 unspecified atom stereocenters. The van der Waals surface area contributed by atoms with Crippen molar-refractivity contribution in [2.45, 2.75) is 25.7 Å². The monoisotopic (exact) mass is 435 g/mol. The van der Waals surface area contributed by atoms with Crippen LogP contribution in [0.3, 0.4) is 0 Å². The quantitative estimate of drug-likeness (QED) is 0.430. The van der Waals surface area contributed by atoms with E-state index in [4.69, 9.17) is 4.74 Å². The molecule has 0 radical (unpaired) electrons. The zero-order valence-corrected chi connectivity index (χ0v) is 17.8. The summed E-state index contributed by atoms with van der Waals surface area (Å²) in [5.74, 6) is 0.477. The Morgan fingerprint density at radius 1 is 1.22 bits per heavy atom. The molecule has 0 saturated carbocycles. The second-order valence-corrected chi connectivity index (χ2v) is 7.54. The van der Waals surface area contributed by atoms with Gasteiger partial charge >= 0.3 is 0 Å². The van der Waals surface area contributed by atoms with Crippen LogP contribution in [0.4, 0.5) is 11.4 Å². The van der Waals surface area contributed by atoms with E-state index in [1.54, 1.807) is 29.1 Å². The maximum Gasteiger partial charge on any atom is 0.269 e. The fourth-order valence-electron chi connectivity index (χ4n) is 3.98. The van der Waals surface area contributed by atoms with E-state index >= 15 is 0 Å². The Labute approximate surface area is 185 Å². The second kappa shape index (κ2) is 9.61. The Morgan fingerprint density at radius 2 is 1.94 bits per heavy atom. The highest BCUT2D eigenvalue weighted by atomic mass is 16.6. The summed E-state index contributed by atoms with van der Waals surface area (Å²) >= 11 is 0. The van der Waals surface area contributed by atoms with Gasteiger partial charge in [0.1, 0.15) is 5.75 Å². The fourth-order valence-corrected chi connectivity index (χ4v) is 3.98. The van der Waals surface area contributed by atoms with E-state index in [1.165, 1.54) is 12.1 Å². The molecule has 1 saturated heterocycles. The summed E-state index contributed by atoms with van der Waals surface area (Å²) in [6.45, 7) is 4.09. The first kappa shape index (κ1) is 21.5. The first-order chi connectivity index (χ1) is 15.6. The highest BCUT2D eigenvalue weighted by Crippen LogP contribution is 2.32. The Morgan fingerprint density at radius 3 is 2.62 bits per heavy atom. The van der Waals surface area contributed by atoms with Crippen molar-refractivity contribution >= 4 is 17.3 Å². The highest BCUT2D eigenvalue weighted by molar-refractivity contribution is 6.05. The molecule has 1 fully saturated rings. The number of non-ortho nitro benzene ring substituents is 1. The lowest BCUT2D eigenvalue weighted by molar-refractivity contribution is -0.384. The van der Waals surface area contributed by atoms with Crippen molar-refractivity contribution in [3.05, 3.63) is 76.1 Å². The van der Waals surface area contributed by atoms with Crippen LogP contribution in [0, 0.1) is 10.1 Å². The molecular formula is C23H25N5O4. The van der Waals surface area contributed by atoms with Gasteiger partial charge in [-0.3, -0.25) is 14.9 Å². The van der Waals surface area contributed by atoms with Gasteiger partial charge < -0.3 is 15.4 Å². The molecule has 1 aromatic heterocycles. The van der Waals surface area contributed by atoms with Gasteiger partial charge in [-0.25, -0.2) is 4.68 Å². The van der Waals surface area contributed by atoms with Gasteiger partial charge in [0.25, 0.3) is 11.6 Å². The third-order valence-electron chi connectivity index (χ3n) is 5.52. The number of hydrogen-bond donors (Lipinski definition) is 2. The minimum absolute atomic E-state index is 0.00909. The molecule has 0 bridgehead atoms. The molecule has 0 spiro atoms. The Balaban J connectivity index is 1.70. The van der Waals surface area contributed by atoms with Gasteiger partial charge in [0.05, 0.1) is 40.4 Å². The normalized spacial score (nSPS) is 14.2. The molecule has 9 nitrogen and oxygen atoms in total. The number of ether oxygens (including phenoxy) is 1. The van der Waals surface area contributed by atoms with E-state index in [-0.39, 0.29) is 17.5 Å². The molecule has 2 N–H and O–H groups in total. The number of aromatic nitrogens is 2. The SMILES string of the molecule is CCOc1ccccc1NC(=O)c1cnn(-c2ccc([N+](=O)[O-])cc2)c1C1CCNCC1. The van der Waals surface area contributed by atoms with Crippen molar-refractivity contribution in [3.8, 4) is 11.4 Å². The number of benzene rings is 2. The van der Waals surface area contributed by atoms with Crippen LogP contribution in [0.1, 0.15) is 41.7 Å². The third kappa shape index (κ3) is 4.47. The van der Waals surface area contributed by atoms with Gasteiger partial charge in [-0.2, -0.15) is 5.10 Å². The number of carbonyl (C=O) groups excluding carboxylic acids is 1. The van der Waals surface area contributed by atoms with Crippen LogP contribution < -0.4 is 15.4 Å². The van der Waals surface area contributed by atoms with Gasteiger partial charge in [-0.15, -0.1) is 0 Å². The standard InChI is InChI=1S/C23H25N5O4/c1-2-32-21-6-4-3-5-20(21)26-23(29)19-15-25-27(22(19)16-11-13-24-14-12-16)17-7-9-18(10-8-17)28(30)31/h3-10,15-16,24H,2,11-14H2,1H3,(H,26,29). The summed E-state index contributed by atoms with van der Waals surface area (Å²) in [4.78, 5) is 23.9. The molecule has 1 amide bonds. The lowest BCUT2D eigenvalue weighted by atomic mass is 9.91. The molecule has 0 aliphatic carbocycles. The minimum Gasteiger partial charge on any atom is -0.492 e. The van der Waals surface area contributed by atoms with Crippen LogP contribution in [0.15, 0.2) is 54.7 Å².